The fraction of sp³-hybridized carbons (Fsp3) is 0.263. The second-order valence-electron chi connectivity index (χ2n) is 5.68. The SMILES string of the molecule is CCOc1cc(C=NNC(=O)COc2c(C)cccc2C)c(Br)c(Br)c1O. The van der Waals surface area contributed by atoms with E-state index in [2.05, 4.69) is 42.4 Å². The normalized spacial score (nSPS) is 10.9. The van der Waals surface area contributed by atoms with Crippen molar-refractivity contribution >= 4 is 44.0 Å². The Morgan fingerprint density at radius 1 is 1.22 bits per heavy atom. The Balaban J connectivity index is 2.02. The van der Waals surface area contributed by atoms with Crippen LogP contribution in [-0.4, -0.2) is 30.4 Å². The van der Waals surface area contributed by atoms with E-state index in [1.54, 1.807) is 6.07 Å². The largest absolute Gasteiger partial charge is 0.503 e. The van der Waals surface area contributed by atoms with E-state index < -0.39 is 0 Å². The van der Waals surface area contributed by atoms with Crippen LogP contribution in [0.2, 0.25) is 0 Å². The van der Waals surface area contributed by atoms with E-state index in [4.69, 9.17) is 9.47 Å². The molecule has 27 heavy (non-hydrogen) atoms. The molecule has 0 spiro atoms. The quantitative estimate of drug-likeness (QED) is 0.435. The first kappa shape index (κ1) is 21.2. The number of halogens is 2. The number of aryl methyl sites for hydroxylation is 2. The predicted octanol–water partition coefficient (Wildman–Crippen LogP) is 4.46. The average Bonchev–Trinajstić information content (AvgIpc) is 2.63. The molecule has 0 aliphatic rings. The van der Waals surface area contributed by atoms with Gasteiger partial charge in [0.1, 0.15) is 5.75 Å². The summed E-state index contributed by atoms with van der Waals surface area (Å²) in [7, 11) is 0. The maximum absolute atomic E-state index is 12.0. The van der Waals surface area contributed by atoms with Gasteiger partial charge in [0.2, 0.25) is 0 Å². The molecule has 0 unspecified atom stereocenters. The number of nitrogens with zero attached hydrogens (tertiary/aromatic N) is 1. The molecule has 0 radical (unpaired) electrons. The highest BCUT2D eigenvalue weighted by molar-refractivity contribution is 9.13. The summed E-state index contributed by atoms with van der Waals surface area (Å²) in [4.78, 5) is 12.0. The number of aromatic hydroxyl groups is 1. The van der Waals surface area contributed by atoms with Gasteiger partial charge in [0.25, 0.3) is 5.91 Å². The lowest BCUT2D eigenvalue weighted by Gasteiger charge is -2.11. The Morgan fingerprint density at radius 3 is 2.52 bits per heavy atom. The molecule has 0 heterocycles. The van der Waals surface area contributed by atoms with Crippen LogP contribution >= 0.6 is 31.9 Å². The minimum Gasteiger partial charge on any atom is -0.503 e. The molecular weight excluding hydrogens is 480 g/mol. The lowest BCUT2D eigenvalue weighted by molar-refractivity contribution is -0.123. The first-order valence-corrected chi connectivity index (χ1v) is 9.78. The molecule has 1 amide bonds. The number of rotatable bonds is 7. The van der Waals surface area contributed by atoms with Gasteiger partial charge in [-0.05, 0) is 69.8 Å². The van der Waals surface area contributed by atoms with Crippen molar-refractivity contribution in [1.29, 1.82) is 0 Å². The highest BCUT2D eigenvalue weighted by Gasteiger charge is 2.14. The smallest absolute Gasteiger partial charge is 0.277 e. The minimum atomic E-state index is -0.382. The van der Waals surface area contributed by atoms with Crippen LogP contribution in [0.25, 0.3) is 0 Å². The molecule has 144 valence electrons. The number of phenolic OH excluding ortho intramolecular Hbond substituents is 1. The second-order valence-corrected chi connectivity index (χ2v) is 7.26. The molecular formula is C19H20Br2N2O4. The average molecular weight is 500 g/mol. The number of nitrogens with one attached hydrogen (secondary N) is 1. The molecule has 2 rings (SSSR count). The first-order valence-electron chi connectivity index (χ1n) is 8.19. The summed E-state index contributed by atoms with van der Waals surface area (Å²) < 4.78 is 12.0. The highest BCUT2D eigenvalue weighted by Crippen LogP contribution is 2.41. The number of hydrazone groups is 1. The fourth-order valence-electron chi connectivity index (χ4n) is 2.34. The Bertz CT molecular complexity index is 849. The zero-order chi connectivity index (χ0) is 20.0. The van der Waals surface area contributed by atoms with Crippen LogP contribution in [0.4, 0.5) is 0 Å². The molecule has 0 aliphatic heterocycles. The van der Waals surface area contributed by atoms with Crippen LogP contribution in [0.3, 0.4) is 0 Å². The van der Waals surface area contributed by atoms with Crippen LogP contribution in [0.5, 0.6) is 17.2 Å². The van der Waals surface area contributed by atoms with Gasteiger partial charge in [-0.15, -0.1) is 0 Å². The maximum atomic E-state index is 12.0. The molecule has 0 fully saturated rings. The van der Waals surface area contributed by atoms with Gasteiger partial charge >= 0.3 is 0 Å². The molecule has 0 saturated heterocycles. The Hall–Kier alpha value is -2.06. The standard InChI is InChI=1S/C19H20Br2N2O4/c1-4-26-14-8-13(16(20)17(21)18(14)25)9-22-23-15(24)10-27-19-11(2)6-5-7-12(19)3/h5-9,25H,4,10H2,1-3H3,(H,23,24). The van der Waals surface area contributed by atoms with E-state index in [0.717, 1.165) is 11.1 Å². The van der Waals surface area contributed by atoms with Gasteiger partial charge in [-0.1, -0.05) is 18.2 Å². The molecule has 0 atom stereocenters. The number of carbonyl (C=O) groups excluding carboxylic acids is 1. The van der Waals surface area contributed by atoms with Crippen molar-refractivity contribution in [3.8, 4) is 17.2 Å². The number of para-hydroxylation sites is 1. The highest BCUT2D eigenvalue weighted by atomic mass is 79.9. The summed E-state index contributed by atoms with van der Waals surface area (Å²) in [5, 5.41) is 14.0. The number of hydrogen-bond donors (Lipinski definition) is 2. The molecule has 0 aliphatic carbocycles. The van der Waals surface area contributed by atoms with Gasteiger partial charge in [0, 0.05) is 10.0 Å². The zero-order valence-electron chi connectivity index (χ0n) is 15.2. The van der Waals surface area contributed by atoms with Crippen molar-refractivity contribution in [2.75, 3.05) is 13.2 Å². The monoisotopic (exact) mass is 498 g/mol. The zero-order valence-corrected chi connectivity index (χ0v) is 18.3. The molecule has 0 bridgehead atoms. The number of hydrogen-bond acceptors (Lipinski definition) is 5. The Morgan fingerprint density at radius 2 is 1.89 bits per heavy atom. The summed E-state index contributed by atoms with van der Waals surface area (Å²) in [6, 6.07) is 7.41. The minimum absolute atomic E-state index is 0.00749. The molecule has 2 aromatic rings. The van der Waals surface area contributed by atoms with Crippen molar-refractivity contribution in [1.82, 2.24) is 5.43 Å². The Labute approximate surface area is 174 Å². The maximum Gasteiger partial charge on any atom is 0.277 e. The van der Waals surface area contributed by atoms with Crippen molar-refractivity contribution in [2.45, 2.75) is 20.8 Å². The van der Waals surface area contributed by atoms with Crippen LogP contribution in [0.15, 0.2) is 38.3 Å². The van der Waals surface area contributed by atoms with E-state index in [0.29, 0.717) is 32.6 Å². The topological polar surface area (TPSA) is 80.2 Å². The number of ether oxygens (including phenoxy) is 2. The third kappa shape index (κ3) is 5.46. The van der Waals surface area contributed by atoms with Crippen molar-refractivity contribution in [3.63, 3.8) is 0 Å². The van der Waals surface area contributed by atoms with Gasteiger partial charge in [0.15, 0.2) is 18.1 Å². The third-order valence-electron chi connectivity index (χ3n) is 3.62. The van der Waals surface area contributed by atoms with E-state index in [1.807, 2.05) is 39.0 Å². The summed E-state index contributed by atoms with van der Waals surface area (Å²) in [6.45, 7) is 5.93. The summed E-state index contributed by atoms with van der Waals surface area (Å²) in [5.41, 5.74) is 4.97. The Kier molecular flexibility index (Phi) is 7.67. The van der Waals surface area contributed by atoms with Crippen LogP contribution in [0.1, 0.15) is 23.6 Å². The first-order chi connectivity index (χ1) is 12.8. The van der Waals surface area contributed by atoms with Gasteiger partial charge in [-0.25, -0.2) is 5.43 Å². The van der Waals surface area contributed by atoms with E-state index >= 15 is 0 Å². The number of phenols is 1. The summed E-state index contributed by atoms with van der Waals surface area (Å²) in [6.07, 6.45) is 1.45. The van der Waals surface area contributed by atoms with Crippen molar-refractivity contribution in [3.05, 3.63) is 49.9 Å². The van der Waals surface area contributed by atoms with Gasteiger partial charge in [-0.2, -0.15) is 5.10 Å². The molecule has 2 N–H and O–H groups in total. The van der Waals surface area contributed by atoms with Crippen LogP contribution in [0, 0.1) is 13.8 Å². The van der Waals surface area contributed by atoms with Crippen LogP contribution in [-0.2, 0) is 4.79 Å². The van der Waals surface area contributed by atoms with E-state index in [9.17, 15) is 9.90 Å². The lowest BCUT2D eigenvalue weighted by Crippen LogP contribution is -2.25. The summed E-state index contributed by atoms with van der Waals surface area (Å²) >= 11 is 6.66. The number of benzene rings is 2. The van der Waals surface area contributed by atoms with Crippen molar-refractivity contribution < 1.29 is 19.4 Å². The van der Waals surface area contributed by atoms with E-state index in [-0.39, 0.29) is 18.3 Å². The van der Waals surface area contributed by atoms with Gasteiger partial charge in [0.05, 0.1) is 17.3 Å². The van der Waals surface area contributed by atoms with Gasteiger partial charge < -0.3 is 14.6 Å². The second kappa shape index (κ2) is 9.75. The van der Waals surface area contributed by atoms with Gasteiger partial charge in [-0.3, -0.25) is 4.79 Å². The summed E-state index contributed by atoms with van der Waals surface area (Å²) in [5.74, 6) is 0.627. The molecule has 2 aromatic carbocycles. The van der Waals surface area contributed by atoms with Crippen LogP contribution < -0.4 is 14.9 Å². The van der Waals surface area contributed by atoms with E-state index in [1.165, 1.54) is 6.21 Å². The molecule has 0 saturated carbocycles. The third-order valence-corrected chi connectivity index (χ3v) is 5.78. The predicted molar refractivity (Wildman–Crippen MR) is 112 cm³/mol. The fourth-order valence-corrected chi connectivity index (χ4v) is 3.17. The lowest BCUT2D eigenvalue weighted by atomic mass is 10.1. The molecule has 8 heteroatoms. The molecule has 6 nitrogen and oxygen atoms in total. The number of carbonyl (C=O) groups is 1. The number of amides is 1. The van der Waals surface area contributed by atoms with Crippen molar-refractivity contribution in [2.24, 2.45) is 5.10 Å². The molecule has 0 aromatic heterocycles.